The zero-order valence-corrected chi connectivity index (χ0v) is 9.56. The molecule has 88 valence electrons. The number of aryl methyl sites for hydroxylation is 1. The smallest absolute Gasteiger partial charge is 0.330 e. The Kier molecular flexibility index (Phi) is 2.98. The van der Waals surface area contributed by atoms with Crippen LogP contribution in [0.15, 0.2) is 27.9 Å². The Morgan fingerprint density at radius 3 is 2.88 bits per heavy atom. The first-order valence-electron chi connectivity index (χ1n) is 5.20. The zero-order chi connectivity index (χ0) is 12.4. The molecule has 1 aromatic rings. The van der Waals surface area contributed by atoms with Crippen molar-refractivity contribution in [1.29, 1.82) is 0 Å². The summed E-state index contributed by atoms with van der Waals surface area (Å²) in [5.74, 6) is 5.59. The fraction of sp³-hybridized carbons (Fsp3) is 0.333. The predicted molar refractivity (Wildman–Crippen MR) is 62.6 cm³/mol. The van der Waals surface area contributed by atoms with Crippen molar-refractivity contribution in [2.24, 2.45) is 0 Å². The van der Waals surface area contributed by atoms with Gasteiger partial charge in [0.25, 0.3) is 5.56 Å². The fourth-order valence-electron chi connectivity index (χ4n) is 1.59. The van der Waals surface area contributed by atoms with Gasteiger partial charge in [-0.05, 0) is 26.0 Å². The van der Waals surface area contributed by atoms with Crippen LogP contribution in [0, 0.1) is 18.8 Å². The van der Waals surface area contributed by atoms with E-state index in [1.54, 1.807) is 26.0 Å². The molecule has 0 aliphatic carbocycles. The lowest BCUT2D eigenvalue weighted by atomic mass is 10.3. The first kappa shape index (κ1) is 11.4. The van der Waals surface area contributed by atoms with Gasteiger partial charge in [0.1, 0.15) is 6.10 Å². The van der Waals surface area contributed by atoms with E-state index in [0.717, 1.165) is 0 Å². The Morgan fingerprint density at radius 2 is 2.18 bits per heavy atom. The van der Waals surface area contributed by atoms with Crippen LogP contribution in [0.4, 0.5) is 0 Å². The molecule has 1 aliphatic heterocycles. The Labute approximate surface area is 97.7 Å². The summed E-state index contributed by atoms with van der Waals surface area (Å²) in [7, 11) is 0. The molecule has 0 fully saturated rings. The van der Waals surface area contributed by atoms with Gasteiger partial charge in [-0.25, -0.2) is 4.79 Å². The van der Waals surface area contributed by atoms with Crippen molar-refractivity contribution >= 4 is 0 Å². The molecule has 17 heavy (non-hydrogen) atoms. The fourth-order valence-corrected chi connectivity index (χ4v) is 1.59. The summed E-state index contributed by atoms with van der Waals surface area (Å²) < 4.78 is 6.86. The van der Waals surface area contributed by atoms with Crippen LogP contribution in [0.1, 0.15) is 18.7 Å². The van der Waals surface area contributed by atoms with Crippen LogP contribution in [0.5, 0.6) is 0 Å². The van der Waals surface area contributed by atoms with E-state index in [1.165, 1.54) is 10.8 Å². The summed E-state index contributed by atoms with van der Waals surface area (Å²) in [6.45, 7) is 3.36. The van der Waals surface area contributed by atoms with E-state index in [9.17, 15) is 9.59 Å². The van der Waals surface area contributed by atoms with Gasteiger partial charge in [0.15, 0.2) is 6.23 Å². The molecule has 1 aromatic heterocycles. The predicted octanol–water partition coefficient (Wildman–Crippen LogP) is 0.322. The van der Waals surface area contributed by atoms with Crippen LogP contribution in [0.3, 0.4) is 0 Å². The van der Waals surface area contributed by atoms with Crippen molar-refractivity contribution in [1.82, 2.24) is 9.55 Å². The quantitative estimate of drug-likeness (QED) is 0.560. The molecule has 0 aromatic carbocycles. The van der Waals surface area contributed by atoms with Gasteiger partial charge in [-0.1, -0.05) is 5.92 Å². The van der Waals surface area contributed by atoms with E-state index >= 15 is 0 Å². The molecule has 0 amide bonds. The maximum absolute atomic E-state index is 11.6. The normalized spacial score (nSPS) is 22.2. The van der Waals surface area contributed by atoms with Crippen molar-refractivity contribution in [2.75, 3.05) is 0 Å². The van der Waals surface area contributed by atoms with Crippen molar-refractivity contribution < 1.29 is 4.74 Å². The van der Waals surface area contributed by atoms with Crippen LogP contribution in [0.2, 0.25) is 0 Å². The third kappa shape index (κ3) is 2.22. The molecule has 2 rings (SSSR count). The minimum Gasteiger partial charge on any atom is -0.334 e. The molecule has 1 aliphatic rings. The van der Waals surface area contributed by atoms with E-state index in [-0.39, 0.29) is 11.7 Å². The highest BCUT2D eigenvalue weighted by Crippen LogP contribution is 2.18. The summed E-state index contributed by atoms with van der Waals surface area (Å²) in [6.07, 6.45) is 4.20. The molecule has 2 heterocycles. The summed E-state index contributed by atoms with van der Waals surface area (Å²) in [4.78, 5) is 25.1. The maximum atomic E-state index is 11.6. The molecular formula is C12H12N2O3. The minimum absolute atomic E-state index is 0.302. The van der Waals surface area contributed by atoms with Crippen molar-refractivity contribution in [2.45, 2.75) is 26.2 Å². The summed E-state index contributed by atoms with van der Waals surface area (Å²) in [5, 5.41) is 0. The zero-order valence-electron chi connectivity index (χ0n) is 9.56. The van der Waals surface area contributed by atoms with Crippen LogP contribution in [-0.4, -0.2) is 15.7 Å². The second-order valence-electron chi connectivity index (χ2n) is 3.71. The van der Waals surface area contributed by atoms with Gasteiger partial charge in [0.2, 0.25) is 0 Å². The van der Waals surface area contributed by atoms with Crippen LogP contribution in [-0.2, 0) is 4.74 Å². The van der Waals surface area contributed by atoms with E-state index in [4.69, 9.17) is 4.74 Å². The second-order valence-corrected chi connectivity index (χ2v) is 3.71. The number of hydrogen-bond donors (Lipinski definition) is 1. The third-order valence-electron chi connectivity index (χ3n) is 2.44. The first-order chi connectivity index (χ1) is 8.11. The molecule has 0 spiro atoms. The van der Waals surface area contributed by atoms with Crippen molar-refractivity contribution in [3.8, 4) is 11.8 Å². The molecule has 5 heteroatoms. The second kappa shape index (κ2) is 4.44. The number of nitrogens with one attached hydrogen (secondary N) is 1. The lowest BCUT2D eigenvalue weighted by Crippen LogP contribution is -2.33. The first-order valence-corrected chi connectivity index (χ1v) is 5.20. The number of aromatic nitrogens is 2. The van der Waals surface area contributed by atoms with E-state index in [2.05, 4.69) is 16.8 Å². The van der Waals surface area contributed by atoms with Gasteiger partial charge in [-0.15, -0.1) is 5.92 Å². The monoisotopic (exact) mass is 232 g/mol. The number of aromatic amines is 1. The van der Waals surface area contributed by atoms with Crippen LogP contribution in [0.25, 0.3) is 0 Å². The highest BCUT2D eigenvalue weighted by molar-refractivity contribution is 5.16. The molecule has 1 N–H and O–H groups in total. The van der Waals surface area contributed by atoms with E-state index in [1.807, 2.05) is 0 Å². The molecule has 5 nitrogen and oxygen atoms in total. The summed E-state index contributed by atoms with van der Waals surface area (Å²) >= 11 is 0. The average Bonchev–Trinajstić information content (AvgIpc) is 2.72. The van der Waals surface area contributed by atoms with Gasteiger partial charge in [0.05, 0.1) is 0 Å². The van der Waals surface area contributed by atoms with Gasteiger partial charge < -0.3 is 4.74 Å². The Hall–Kier alpha value is -2.06. The topological polar surface area (TPSA) is 64.1 Å². The molecule has 2 unspecified atom stereocenters. The van der Waals surface area contributed by atoms with Gasteiger partial charge in [0, 0.05) is 11.8 Å². The molecule has 0 radical (unpaired) electrons. The highest BCUT2D eigenvalue weighted by Gasteiger charge is 2.20. The third-order valence-corrected chi connectivity index (χ3v) is 2.44. The number of H-pyrrole nitrogens is 1. The number of ether oxygens (including phenoxy) is 1. The maximum Gasteiger partial charge on any atom is 0.330 e. The molecule has 0 saturated heterocycles. The minimum atomic E-state index is -0.510. The van der Waals surface area contributed by atoms with Crippen molar-refractivity contribution in [3.05, 3.63) is 44.8 Å². The summed E-state index contributed by atoms with van der Waals surface area (Å²) in [6, 6.07) is 0. The highest BCUT2D eigenvalue weighted by atomic mass is 16.5. The molecule has 0 bridgehead atoms. The van der Waals surface area contributed by atoms with Crippen LogP contribution >= 0.6 is 0 Å². The lowest BCUT2D eigenvalue weighted by molar-refractivity contribution is 0.0414. The Balaban J connectivity index is 2.34. The molecule has 2 atom stereocenters. The number of nitrogens with zero attached hydrogens (tertiary/aromatic N) is 1. The Bertz CT molecular complexity index is 628. The van der Waals surface area contributed by atoms with Gasteiger partial charge in [-0.3, -0.25) is 14.3 Å². The SMILES string of the molecule is CC#CC1C=CC(n2cc(C)c(=O)[nH]c2=O)O1. The standard InChI is InChI=1S/C12H12N2O3/c1-3-4-9-5-6-10(17-9)14-7-8(2)11(15)13-12(14)16/h5-7,9-10H,1-2H3,(H,13,15,16). The molecule has 0 saturated carbocycles. The van der Waals surface area contributed by atoms with E-state index < -0.39 is 11.9 Å². The Morgan fingerprint density at radius 1 is 1.41 bits per heavy atom. The number of rotatable bonds is 1. The van der Waals surface area contributed by atoms with E-state index in [0.29, 0.717) is 5.56 Å². The lowest BCUT2D eigenvalue weighted by Gasteiger charge is -2.13. The van der Waals surface area contributed by atoms with Gasteiger partial charge >= 0.3 is 5.69 Å². The van der Waals surface area contributed by atoms with Gasteiger partial charge in [-0.2, -0.15) is 0 Å². The van der Waals surface area contributed by atoms with Crippen LogP contribution < -0.4 is 11.2 Å². The summed E-state index contributed by atoms with van der Waals surface area (Å²) in [5.41, 5.74) is -0.398. The van der Waals surface area contributed by atoms with Crippen molar-refractivity contribution in [3.63, 3.8) is 0 Å². The average molecular weight is 232 g/mol. The number of hydrogen-bond acceptors (Lipinski definition) is 3. The molecular weight excluding hydrogens is 220 g/mol. The largest absolute Gasteiger partial charge is 0.334 e.